The molecule has 11 heteroatoms. The second-order valence-electron chi connectivity index (χ2n) is 9.21. The Morgan fingerprint density at radius 3 is 2.63 bits per heavy atom. The molecule has 38 heavy (non-hydrogen) atoms. The van der Waals surface area contributed by atoms with E-state index >= 15 is 0 Å². The summed E-state index contributed by atoms with van der Waals surface area (Å²) in [5.41, 5.74) is 3.68. The number of nitrogens with one attached hydrogen (secondary N) is 2. The molecule has 1 saturated heterocycles. The van der Waals surface area contributed by atoms with Crippen molar-refractivity contribution in [1.29, 1.82) is 0 Å². The van der Waals surface area contributed by atoms with Crippen molar-refractivity contribution in [2.45, 2.75) is 19.9 Å². The molecule has 4 heterocycles. The molecular weight excluding hydrogens is 512 g/mol. The van der Waals surface area contributed by atoms with E-state index in [0.717, 1.165) is 43.1 Å². The monoisotopic (exact) mass is 539 g/mol. The van der Waals surface area contributed by atoms with E-state index in [1.807, 2.05) is 37.3 Å². The van der Waals surface area contributed by atoms with E-state index in [1.54, 1.807) is 22.9 Å². The van der Waals surface area contributed by atoms with Crippen LogP contribution in [0.5, 0.6) is 0 Å². The average Bonchev–Trinajstić information content (AvgIpc) is 2.92. The van der Waals surface area contributed by atoms with Gasteiger partial charge in [0.2, 0.25) is 5.95 Å². The van der Waals surface area contributed by atoms with Gasteiger partial charge in [-0.1, -0.05) is 29.8 Å². The fraction of sp³-hybridized carbons (Fsp3) is 0.333. The fourth-order valence-corrected chi connectivity index (χ4v) is 4.87. The molecule has 0 amide bonds. The van der Waals surface area contributed by atoms with Gasteiger partial charge in [0.05, 0.1) is 12.2 Å². The minimum atomic E-state index is -2.55. The molecule has 3 aromatic heterocycles. The molecular formula is C27H28ClF2N7O. The number of hydrogen-bond acceptors (Lipinski definition) is 7. The first-order valence-electron chi connectivity index (χ1n) is 12.5. The molecule has 5 rings (SSSR count). The van der Waals surface area contributed by atoms with Crippen LogP contribution < -0.4 is 16.2 Å². The maximum atomic E-state index is 13.8. The van der Waals surface area contributed by atoms with Crippen LogP contribution in [0.25, 0.3) is 33.4 Å². The number of benzene rings is 1. The molecule has 0 radical (unpaired) electrons. The number of pyridine rings is 2. The number of aromatic nitrogens is 4. The SMILES string of the molecule is Cc1cccc(-c2ccc(-c3cc4cnc(NCC(F)F)nc4n(CCN4CCNCC4)c3=O)c(Cl)c2)n1. The third-order valence-corrected chi connectivity index (χ3v) is 6.85. The Hall–Kier alpha value is -3.47. The lowest BCUT2D eigenvalue weighted by Gasteiger charge is -2.27. The largest absolute Gasteiger partial charge is 0.348 e. The second-order valence-corrected chi connectivity index (χ2v) is 9.62. The summed E-state index contributed by atoms with van der Waals surface area (Å²) in [6, 6.07) is 13.0. The number of nitrogens with zero attached hydrogens (tertiary/aromatic N) is 5. The number of alkyl halides is 2. The third-order valence-electron chi connectivity index (χ3n) is 6.53. The van der Waals surface area contributed by atoms with Crippen LogP contribution in [-0.4, -0.2) is 70.1 Å². The van der Waals surface area contributed by atoms with E-state index < -0.39 is 13.0 Å². The highest BCUT2D eigenvalue weighted by atomic mass is 35.5. The Morgan fingerprint density at radius 1 is 1.08 bits per heavy atom. The van der Waals surface area contributed by atoms with Crippen LogP contribution in [0, 0.1) is 6.92 Å². The molecule has 4 aromatic rings. The minimum Gasteiger partial charge on any atom is -0.348 e. The van der Waals surface area contributed by atoms with Gasteiger partial charge in [-0.05, 0) is 31.2 Å². The summed E-state index contributed by atoms with van der Waals surface area (Å²) in [6.07, 6.45) is -1.01. The second kappa shape index (κ2) is 11.5. The maximum absolute atomic E-state index is 13.8. The van der Waals surface area contributed by atoms with Crippen molar-refractivity contribution >= 4 is 28.6 Å². The fourth-order valence-electron chi connectivity index (χ4n) is 4.59. The van der Waals surface area contributed by atoms with Gasteiger partial charge in [0.25, 0.3) is 12.0 Å². The number of piperazine rings is 1. The van der Waals surface area contributed by atoms with Crippen molar-refractivity contribution in [2.75, 3.05) is 44.6 Å². The summed E-state index contributed by atoms with van der Waals surface area (Å²) in [4.78, 5) is 29.3. The molecule has 0 bridgehead atoms. The van der Waals surface area contributed by atoms with E-state index in [4.69, 9.17) is 11.6 Å². The molecule has 1 aliphatic rings. The van der Waals surface area contributed by atoms with Crippen molar-refractivity contribution in [1.82, 2.24) is 29.7 Å². The third kappa shape index (κ3) is 5.82. The van der Waals surface area contributed by atoms with E-state index in [2.05, 4.69) is 30.5 Å². The number of anilines is 1. The number of halogens is 3. The van der Waals surface area contributed by atoms with Gasteiger partial charge in [-0.25, -0.2) is 13.8 Å². The molecule has 1 fully saturated rings. The van der Waals surface area contributed by atoms with Gasteiger partial charge in [-0.15, -0.1) is 0 Å². The molecule has 198 valence electrons. The molecule has 0 atom stereocenters. The molecule has 0 aliphatic carbocycles. The standard InChI is InChI=1S/C27H28ClF2N7O/c1-17-3-2-4-23(34-17)18-5-6-20(22(28)14-18)21-13-19-15-32-27(33-16-24(29)30)35-25(19)37(26(21)38)12-11-36-9-7-31-8-10-36/h2-6,13-15,24,31H,7-12,16H2,1H3,(H,32,33,35). The quantitative estimate of drug-likeness (QED) is 0.349. The molecule has 8 nitrogen and oxygen atoms in total. The Bertz CT molecular complexity index is 1510. The summed E-state index contributed by atoms with van der Waals surface area (Å²) >= 11 is 6.72. The lowest BCUT2D eigenvalue weighted by Crippen LogP contribution is -2.45. The van der Waals surface area contributed by atoms with E-state index in [0.29, 0.717) is 40.3 Å². The Morgan fingerprint density at radius 2 is 1.89 bits per heavy atom. The van der Waals surface area contributed by atoms with Gasteiger partial charge in [0, 0.05) is 78.3 Å². The lowest BCUT2D eigenvalue weighted by molar-refractivity contribution is 0.163. The molecule has 0 spiro atoms. The highest BCUT2D eigenvalue weighted by Crippen LogP contribution is 2.31. The van der Waals surface area contributed by atoms with Crippen molar-refractivity contribution < 1.29 is 8.78 Å². The van der Waals surface area contributed by atoms with Gasteiger partial charge in [0.1, 0.15) is 5.65 Å². The molecule has 0 unspecified atom stereocenters. The summed E-state index contributed by atoms with van der Waals surface area (Å²) in [7, 11) is 0. The highest BCUT2D eigenvalue weighted by molar-refractivity contribution is 6.33. The summed E-state index contributed by atoms with van der Waals surface area (Å²) in [5.74, 6) is 0.0499. The maximum Gasteiger partial charge on any atom is 0.260 e. The molecule has 1 aromatic carbocycles. The van der Waals surface area contributed by atoms with Gasteiger partial charge in [-0.3, -0.25) is 19.2 Å². The first kappa shape index (κ1) is 26.1. The number of rotatable bonds is 8. The predicted molar refractivity (Wildman–Crippen MR) is 146 cm³/mol. The van der Waals surface area contributed by atoms with Crippen molar-refractivity contribution in [3.63, 3.8) is 0 Å². The van der Waals surface area contributed by atoms with E-state index in [-0.39, 0.29) is 11.5 Å². The normalized spacial score (nSPS) is 14.3. The first-order chi connectivity index (χ1) is 18.4. The summed E-state index contributed by atoms with van der Waals surface area (Å²) < 4.78 is 27.1. The molecule has 2 N–H and O–H groups in total. The zero-order chi connectivity index (χ0) is 26.6. The van der Waals surface area contributed by atoms with Crippen LogP contribution in [0.15, 0.2) is 53.5 Å². The Kier molecular flexibility index (Phi) is 7.92. The van der Waals surface area contributed by atoms with Crippen molar-refractivity contribution in [3.8, 4) is 22.4 Å². The number of fused-ring (bicyclic) bond motifs is 1. The van der Waals surface area contributed by atoms with Gasteiger partial charge < -0.3 is 10.6 Å². The molecule has 1 aliphatic heterocycles. The molecule has 0 saturated carbocycles. The van der Waals surface area contributed by atoms with E-state index in [1.165, 1.54) is 0 Å². The Labute approximate surface area is 223 Å². The van der Waals surface area contributed by atoms with Crippen LogP contribution >= 0.6 is 11.6 Å². The summed E-state index contributed by atoms with van der Waals surface area (Å²) in [5, 5.41) is 6.89. The zero-order valence-corrected chi connectivity index (χ0v) is 21.7. The van der Waals surface area contributed by atoms with Crippen molar-refractivity contribution in [3.05, 3.63) is 69.7 Å². The van der Waals surface area contributed by atoms with Crippen LogP contribution in [0.3, 0.4) is 0 Å². The van der Waals surface area contributed by atoms with Gasteiger partial charge in [0.15, 0.2) is 0 Å². The van der Waals surface area contributed by atoms with Crippen molar-refractivity contribution in [2.24, 2.45) is 0 Å². The minimum absolute atomic E-state index is 0.0499. The smallest absolute Gasteiger partial charge is 0.260 e. The van der Waals surface area contributed by atoms with Crippen LogP contribution in [0.4, 0.5) is 14.7 Å². The van der Waals surface area contributed by atoms with Crippen LogP contribution in [0.2, 0.25) is 5.02 Å². The van der Waals surface area contributed by atoms with E-state index in [9.17, 15) is 13.6 Å². The number of aryl methyl sites for hydroxylation is 1. The number of hydrogen-bond donors (Lipinski definition) is 2. The first-order valence-corrected chi connectivity index (χ1v) is 12.9. The average molecular weight is 540 g/mol. The summed E-state index contributed by atoms with van der Waals surface area (Å²) in [6.45, 7) is 5.91. The van der Waals surface area contributed by atoms with Crippen LogP contribution in [-0.2, 0) is 6.54 Å². The zero-order valence-electron chi connectivity index (χ0n) is 20.9. The lowest BCUT2D eigenvalue weighted by atomic mass is 10.0. The predicted octanol–water partition coefficient (Wildman–Crippen LogP) is 4.06. The highest BCUT2D eigenvalue weighted by Gasteiger charge is 2.18. The van der Waals surface area contributed by atoms with Gasteiger partial charge >= 0.3 is 0 Å². The topological polar surface area (TPSA) is 88.0 Å². The van der Waals surface area contributed by atoms with Crippen LogP contribution in [0.1, 0.15) is 5.69 Å². The Balaban J connectivity index is 1.56. The van der Waals surface area contributed by atoms with Gasteiger partial charge in [-0.2, -0.15) is 4.98 Å².